The van der Waals surface area contributed by atoms with Gasteiger partial charge in [-0.1, -0.05) is 18.2 Å². The summed E-state index contributed by atoms with van der Waals surface area (Å²) in [6.07, 6.45) is 7.05. The van der Waals surface area contributed by atoms with Gasteiger partial charge in [0, 0.05) is 61.7 Å². The van der Waals surface area contributed by atoms with E-state index in [9.17, 15) is 0 Å². The lowest BCUT2D eigenvalue weighted by Gasteiger charge is -2.20. The third-order valence-electron chi connectivity index (χ3n) is 6.76. The number of para-hydroxylation sites is 1. The molecule has 39 heavy (non-hydrogen) atoms. The van der Waals surface area contributed by atoms with Crippen LogP contribution in [0.5, 0.6) is 0 Å². The Morgan fingerprint density at radius 2 is 1.49 bits per heavy atom. The Labute approximate surface area is 230 Å². The molecule has 5 aromatic rings. The van der Waals surface area contributed by atoms with Crippen LogP contribution in [-0.4, -0.2) is 24.6 Å². The maximum Gasteiger partial charge on any atom is 0.239 e. The van der Waals surface area contributed by atoms with Crippen molar-refractivity contribution in [3.63, 3.8) is 0 Å². The van der Waals surface area contributed by atoms with Gasteiger partial charge < -0.3 is 10.2 Å². The van der Waals surface area contributed by atoms with Crippen LogP contribution in [0.4, 0.5) is 22.7 Å². The number of unbranched alkanes of at least 4 members (excludes halogenated alkanes) is 1. The molecule has 6 heteroatoms. The topological polar surface area (TPSA) is 56.8 Å². The number of fused-ring (bicyclic) bond motifs is 2. The highest BCUT2D eigenvalue weighted by Crippen LogP contribution is 2.26. The molecular formula is C33H33N6+. The number of azo groups is 1. The molecule has 0 fully saturated rings. The molecule has 0 amide bonds. The molecule has 1 heterocycles. The van der Waals surface area contributed by atoms with Crippen molar-refractivity contribution in [3.8, 4) is 18.0 Å². The van der Waals surface area contributed by atoms with Gasteiger partial charge >= 0.3 is 0 Å². The van der Waals surface area contributed by atoms with Crippen molar-refractivity contribution < 1.29 is 4.57 Å². The first-order chi connectivity index (χ1) is 19.2. The van der Waals surface area contributed by atoms with Crippen molar-refractivity contribution in [1.29, 1.82) is 0 Å². The van der Waals surface area contributed by atoms with E-state index in [-0.39, 0.29) is 0 Å². The molecule has 1 N–H and O–H groups in total. The summed E-state index contributed by atoms with van der Waals surface area (Å²) in [5.41, 5.74) is 8.75. The van der Waals surface area contributed by atoms with Crippen molar-refractivity contribution in [1.82, 2.24) is 4.98 Å². The van der Waals surface area contributed by atoms with E-state index in [1.54, 1.807) is 0 Å². The number of anilines is 2. The summed E-state index contributed by atoms with van der Waals surface area (Å²) in [5, 5.41) is 12.4. The number of terminal acetylenes is 1. The third kappa shape index (κ3) is 5.89. The van der Waals surface area contributed by atoms with Crippen LogP contribution in [0.15, 0.2) is 101 Å². The van der Waals surface area contributed by atoms with Gasteiger partial charge in [-0.3, -0.25) is 0 Å². The normalized spacial score (nSPS) is 11.2. The highest BCUT2D eigenvalue weighted by atomic mass is 15.1. The Hall–Kier alpha value is -4.76. The van der Waals surface area contributed by atoms with Crippen molar-refractivity contribution in [2.45, 2.75) is 26.7 Å². The first-order valence-corrected chi connectivity index (χ1v) is 13.5. The molecule has 0 saturated carbocycles. The SMILES string of the molecule is C#CCCCNc1ccc(N=Nc2ccc3nc4ccc(N(CC)CC)cc4[n+](-c4ccccc4)c3c2)cc1. The molecule has 5 rings (SSSR count). The van der Waals surface area contributed by atoms with Gasteiger partial charge in [0.2, 0.25) is 16.7 Å². The number of benzene rings is 4. The summed E-state index contributed by atoms with van der Waals surface area (Å²) in [6, 6.07) is 30.9. The zero-order chi connectivity index (χ0) is 27.0. The molecule has 1 aromatic heterocycles. The number of hydrogen-bond donors (Lipinski definition) is 1. The molecule has 6 nitrogen and oxygen atoms in total. The van der Waals surface area contributed by atoms with Crippen molar-refractivity contribution in [3.05, 3.63) is 91.0 Å². The minimum absolute atomic E-state index is 0.768. The largest absolute Gasteiger partial charge is 0.385 e. The molecule has 194 valence electrons. The Bertz CT molecular complexity index is 1630. The van der Waals surface area contributed by atoms with E-state index in [2.05, 4.69) is 93.3 Å². The molecule has 0 spiro atoms. The predicted octanol–water partition coefficient (Wildman–Crippen LogP) is 7.75. The summed E-state index contributed by atoms with van der Waals surface area (Å²) >= 11 is 0. The molecular weight excluding hydrogens is 480 g/mol. The van der Waals surface area contributed by atoms with Gasteiger partial charge in [-0.25, -0.2) is 4.98 Å². The Morgan fingerprint density at radius 1 is 0.821 bits per heavy atom. The van der Waals surface area contributed by atoms with Gasteiger partial charge in [0.1, 0.15) is 11.0 Å². The van der Waals surface area contributed by atoms with Crippen molar-refractivity contribution in [2.75, 3.05) is 29.9 Å². The maximum absolute atomic E-state index is 5.32. The van der Waals surface area contributed by atoms with Crippen LogP contribution in [0.1, 0.15) is 26.7 Å². The van der Waals surface area contributed by atoms with E-state index in [1.165, 1.54) is 5.69 Å². The minimum atomic E-state index is 0.768. The molecule has 0 radical (unpaired) electrons. The van der Waals surface area contributed by atoms with E-state index in [0.29, 0.717) is 0 Å². The molecule has 0 atom stereocenters. The molecule has 0 aliphatic rings. The van der Waals surface area contributed by atoms with E-state index >= 15 is 0 Å². The average Bonchev–Trinajstić information content (AvgIpc) is 2.98. The highest BCUT2D eigenvalue weighted by Gasteiger charge is 2.21. The summed E-state index contributed by atoms with van der Waals surface area (Å²) in [4.78, 5) is 7.34. The maximum atomic E-state index is 5.32. The molecule has 0 unspecified atom stereocenters. The first-order valence-electron chi connectivity index (χ1n) is 13.5. The highest BCUT2D eigenvalue weighted by molar-refractivity contribution is 5.85. The fourth-order valence-electron chi connectivity index (χ4n) is 4.72. The van der Waals surface area contributed by atoms with Crippen molar-refractivity contribution in [2.24, 2.45) is 10.2 Å². The van der Waals surface area contributed by atoms with Crippen LogP contribution in [0, 0.1) is 12.3 Å². The molecule has 0 aliphatic heterocycles. The lowest BCUT2D eigenvalue weighted by molar-refractivity contribution is -0.538. The van der Waals surface area contributed by atoms with Gasteiger partial charge in [-0.15, -0.1) is 16.9 Å². The second-order valence-electron chi connectivity index (χ2n) is 9.28. The van der Waals surface area contributed by atoms with Crippen LogP contribution in [-0.2, 0) is 0 Å². The zero-order valence-corrected chi connectivity index (χ0v) is 22.5. The number of nitrogens with zero attached hydrogens (tertiary/aromatic N) is 5. The minimum Gasteiger partial charge on any atom is -0.385 e. The third-order valence-corrected chi connectivity index (χ3v) is 6.76. The van der Waals surface area contributed by atoms with Gasteiger partial charge in [0.05, 0.1) is 11.4 Å². The average molecular weight is 514 g/mol. The van der Waals surface area contributed by atoms with E-state index in [1.807, 2.05) is 42.5 Å². The van der Waals surface area contributed by atoms with Gasteiger partial charge in [-0.2, -0.15) is 10.2 Å². The van der Waals surface area contributed by atoms with Gasteiger partial charge in [0.15, 0.2) is 0 Å². The number of rotatable bonds is 10. The summed E-state index contributed by atoms with van der Waals surface area (Å²) < 4.78 is 2.27. The van der Waals surface area contributed by atoms with E-state index in [4.69, 9.17) is 11.4 Å². The Balaban J connectivity index is 1.52. The summed E-state index contributed by atoms with van der Waals surface area (Å²) in [7, 11) is 0. The van der Waals surface area contributed by atoms with Crippen LogP contribution in [0.3, 0.4) is 0 Å². The Kier molecular flexibility index (Phi) is 8.09. The fraction of sp³-hybridized carbons (Fsp3) is 0.212. The second-order valence-corrected chi connectivity index (χ2v) is 9.28. The van der Waals surface area contributed by atoms with Gasteiger partial charge in [0.25, 0.3) is 0 Å². The smallest absolute Gasteiger partial charge is 0.239 e. The van der Waals surface area contributed by atoms with Gasteiger partial charge in [-0.05, 0) is 68.8 Å². The van der Waals surface area contributed by atoms with Crippen LogP contribution >= 0.6 is 0 Å². The molecule has 0 saturated heterocycles. The van der Waals surface area contributed by atoms with E-state index in [0.717, 1.165) is 77.3 Å². The monoisotopic (exact) mass is 513 g/mol. The van der Waals surface area contributed by atoms with Crippen LogP contribution in [0.2, 0.25) is 0 Å². The van der Waals surface area contributed by atoms with Crippen LogP contribution < -0.4 is 14.8 Å². The summed E-state index contributed by atoms with van der Waals surface area (Å²) in [5.74, 6) is 2.66. The summed E-state index contributed by atoms with van der Waals surface area (Å²) in [6.45, 7) is 7.10. The standard InChI is InChI=1S/C33H32N6/c1-4-7-11-22-34-25-14-16-26(17-15-25)36-37-27-18-20-30-32(23-27)39(28-12-9-8-10-13-28)33-24-29(38(5-2)6-3)19-21-31(33)35-30/h1,8-10,12-21,23-24H,5-7,11,22H2,2-3H3/p+1. The van der Waals surface area contributed by atoms with Crippen molar-refractivity contribution >= 4 is 44.8 Å². The van der Waals surface area contributed by atoms with E-state index < -0.39 is 0 Å². The Morgan fingerprint density at radius 3 is 2.21 bits per heavy atom. The number of nitrogens with one attached hydrogen (secondary N) is 1. The number of aromatic nitrogens is 2. The first kappa shape index (κ1) is 25.9. The molecule has 0 aliphatic carbocycles. The second kappa shape index (κ2) is 12.2. The zero-order valence-electron chi connectivity index (χ0n) is 22.5. The predicted molar refractivity (Wildman–Crippen MR) is 162 cm³/mol. The van der Waals surface area contributed by atoms with Crippen LogP contribution in [0.25, 0.3) is 27.8 Å². The quantitative estimate of drug-likeness (QED) is 0.0683. The lowest BCUT2D eigenvalue weighted by Crippen LogP contribution is -2.33. The lowest BCUT2D eigenvalue weighted by atomic mass is 10.1. The number of hydrogen-bond acceptors (Lipinski definition) is 5. The molecule has 4 aromatic carbocycles. The molecule has 0 bridgehead atoms. The fourth-order valence-corrected chi connectivity index (χ4v) is 4.72.